The summed E-state index contributed by atoms with van der Waals surface area (Å²) in [5.74, 6) is -1.39. The van der Waals surface area contributed by atoms with Crippen molar-refractivity contribution in [3.63, 3.8) is 0 Å². The molecule has 2 atom stereocenters. The van der Waals surface area contributed by atoms with Crippen molar-refractivity contribution < 1.29 is 19.4 Å². The lowest BCUT2D eigenvalue weighted by Gasteiger charge is -2.19. The van der Waals surface area contributed by atoms with Crippen molar-refractivity contribution in [2.45, 2.75) is 31.4 Å². The van der Waals surface area contributed by atoms with Gasteiger partial charge in [-0.1, -0.05) is 48.5 Å². The lowest BCUT2D eigenvalue weighted by Crippen LogP contribution is -2.46. The Morgan fingerprint density at radius 1 is 1.07 bits per heavy atom. The van der Waals surface area contributed by atoms with Crippen LogP contribution in [0.3, 0.4) is 0 Å². The average molecular weight is 363 g/mol. The van der Waals surface area contributed by atoms with E-state index in [1.165, 1.54) is 0 Å². The highest BCUT2D eigenvalue weighted by atomic mass is 16.5. The molecule has 0 spiro atoms. The zero-order valence-corrected chi connectivity index (χ0v) is 14.9. The normalized spacial score (nSPS) is 17.9. The molecule has 0 bridgehead atoms. The third-order valence-corrected chi connectivity index (χ3v) is 5.13. The molecule has 3 aromatic rings. The summed E-state index contributed by atoms with van der Waals surface area (Å²) in [7, 11) is 0. The number of carbonyl (C=O) groups is 2. The maximum absolute atomic E-state index is 12.4. The first kappa shape index (κ1) is 17.5. The van der Waals surface area contributed by atoms with E-state index in [0.717, 1.165) is 33.5 Å². The van der Waals surface area contributed by atoms with E-state index in [9.17, 15) is 14.7 Å². The predicted octanol–water partition coefficient (Wildman–Crippen LogP) is 3.28. The Morgan fingerprint density at radius 3 is 2.26 bits per heavy atom. The van der Waals surface area contributed by atoms with Gasteiger partial charge in [-0.05, 0) is 46.0 Å². The summed E-state index contributed by atoms with van der Waals surface area (Å²) in [5.41, 5.74) is 0.934. The molecule has 1 amide bonds. The zero-order chi connectivity index (χ0) is 18.8. The Hall–Kier alpha value is -2.92. The molecule has 5 nitrogen and oxygen atoms in total. The summed E-state index contributed by atoms with van der Waals surface area (Å²) in [4.78, 5) is 24.2. The van der Waals surface area contributed by atoms with Gasteiger partial charge >= 0.3 is 5.97 Å². The Bertz CT molecular complexity index is 954. The first-order valence-electron chi connectivity index (χ1n) is 9.17. The molecular formula is C22H21NO4. The van der Waals surface area contributed by atoms with Crippen LogP contribution < -0.4 is 5.32 Å². The number of carboxylic acids is 1. The van der Waals surface area contributed by atoms with Crippen LogP contribution in [0.15, 0.2) is 54.6 Å². The molecule has 2 N–H and O–H groups in total. The lowest BCUT2D eigenvalue weighted by atomic mass is 9.92. The van der Waals surface area contributed by atoms with Crippen molar-refractivity contribution in [1.82, 2.24) is 5.32 Å². The SMILES string of the molecule is O=C(O)[C@@H](Cc1c2ccccc2cc2ccccc12)NC(=O)[C@H]1CCCO1. The molecule has 1 aliphatic rings. The molecule has 1 fully saturated rings. The monoisotopic (exact) mass is 363 g/mol. The summed E-state index contributed by atoms with van der Waals surface area (Å²) >= 11 is 0. The Labute approximate surface area is 156 Å². The molecule has 0 radical (unpaired) electrons. The van der Waals surface area contributed by atoms with Crippen LogP contribution in [0.1, 0.15) is 18.4 Å². The molecule has 0 unspecified atom stereocenters. The van der Waals surface area contributed by atoms with Crippen LogP contribution in [0.4, 0.5) is 0 Å². The molecule has 0 aromatic heterocycles. The van der Waals surface area contributed by atoms with Gasteiger partial charge in [-0.25, -0.2) is 4.79 Å². The number of hydrogen-bond donors (Lipinski definition) is 2. The fourth-order valence-corrected chi connectivity index (χ4v) is 3.78. The molecule has 0 saturated carbocycles. The first-order chi connectivity index (χ1) is 13.1. The molecule has 4 rings (SSSR count). The summed E-state index contributed by atoms with van der Waals surface area (Å²) in [6, 6.07) is 17.0. The highest BCUT2D eigenvalue weighted by Gasteiger charge is 2.29. The number of fused-ring (bicyclic) bond motifs is 2. The summed E-state index contributed by atoms with van der Waals surface area (Å²) in [5, 5.41) is 16.5. The van der Waals surface area contributed by atoms with Crippen LogP contribution >= 0.6 is 0 Å². The van der Waals surface area contributed by atoms with Crippen LogP contribution in [-0.4, -0.2) is 35.7 Å². The number of nitrogens with one attached hydrogen (secondary N) is 1. The summed E-state index contributed by atoms with van der Waals surface area (Å²) < 4.78 is 5.38. The Morgan fingerprint density at radius 2 is 1.70 bits per heavy atom. The highest BCUT2D eigenvalue weighted by Crippen LogP contribution is 2.29. The van der Waals surface area contributed by atoms with E-state index in [2.05, 4.69) is 11.4 Å². The third kappa shape index (κ3) is 3.51. The lowest BCUT2D eigenvalue weighted by molar-refractivity contribution is -0.143. The number of rotatable bonds is 5. The second-order valence-electron chi connectivity index (χ2n) is 6.90. The zero-order valence-electron chi connectivity index (χ0n) is 14.9. The molecule has 3 aromatic carbocycles. The van der Waals surface area contributed by atoms with Crippen molar-refractivity contribution in [2.75, 3.05) is 6.61 Å². The largest absolute Gasteiger partial charge is 0.480 e. The van der Waals surface area contributed by atoms with E-state index < -0.39 is 18.1 Å². The summed E-state index contributed by atoms with van der Waals surface area (Å²) in [6.45, 7) is 0.545. The van der Waals surface area contributed by atoms with Gasteiger partial charge in [0.1, 0.15) is 12.1 Å². The maximum atomic E-state index is 12.4. The van der Waals surface area contributed by atoms with Gasteiger partial charge in [0.05, 0.1) is 0 Å². The Balaban J connectivity index is 1.72. The van der Waals surface area contributed by atoms with Crippen LogP contribution in [0.25, 0.3) is 21.5 Å². The van der Waals surface area contributed by atoms with E-state index in [1.54, 1.807) is 0 Å². The van der Waals surface area contributed by atoms with Gasteiger partial charge in [-0.15, -0.1) is 0 Å². The van der Waals surface area contributed by atoms with E-state index in [0.29, 0.717) is 13.0 Å². The molecular weight excluding hydrogens is 342 g/mol. The van der Waals surface area contributed by atoms with Gasteiger partial charge in [0.25, 0.3) is 0 Å². The van der Waals surface area contributed by atoms with Crippen LogP contribution in [0, 0.1) is 0 Å². The van der Waals surface area contributed by atoms with Gasteiger partial charge < -0.3 is 15.2 Å². The molecule has 1 aliphatic heterocycles. The number of benzene rings is 3. The molecule has 1 saturated heterocycles. The molecule has 138 valence electrons. The second kappa shape index (κ2) is 7.37. The Kier molecular flexibility index (Phi) is 4.77. The number of ether oxygens (including phenoxy) is 1. The van der Waals surface area contributed by atoms with E-state index in [4.69, 9.17) is 4.74 Å². The van der Waals surface area contributed by atoms with E-state index in [1.807, 2.05) is 48.5 Å². The number of carbonyl (C=O) groups excluding carboxylic acids is 1. The first-order valence-corrected chi connectivity index (χ1v) is 9.17. The quantitative estimate of drug-likeness (QED) is 0.682. The minimum atomic E-state index is -1.04. The fraction of sp³-hybridized carbons (Fsp3) is 0.273. The number of amides is 1. The maximum Gasteiger partial charge on any atom is 0.326 e. The predicted molar refractivity (Wildman–Crippen MR) is 104 cm³/mol. The standard InChI is InChI=1S/C22H21NO4/c24-21(20-10-5-11-27-20)23-19(22(25)26)13-18-16-8-3-1-6-14(16)12-15-7-2-4-9-17(15)18/h1-4,6-9,12,19-20H,5,10-11,13H2,(H,23,24)(H,25,26)/t19-,20-/m1/s1. The number of hydrogen-bond acceptors (Lipinski definition) is 3. The van der Waals surface area contributed by atoms with Crippen molar-refractivity contribution in [2.24, 2.45) is 0 Å². The minimum Gasteiger partial charge on any atom is -0.480 e. The summed E-state index contributed by atoms with van der Waals surface area (Å²) in [6.07, 6.45) is 1.13. The highest BCUT2D eigenvalue weighted by molar-refractivity contribution is 6.02. The van der Waals surface area contributed by atoms with Gasteiger partial charge in [-0.3, -0.25) is 4.79 Å². The van der Waals surface area contributed by atoms with Crippen LogP contribution in [-0.2, 0) is 20.7 Å². The van der Waals surface area contributed by atoms with Gasteiger partial charge in [-0.2, -0.15) is 0 Å². The van der Waals surface area contributed by atoms with E-state index >= 15 is 0 Å². The van der Waals surface area contributed by atoms with Gasteiger partial charge in [0, 0.05) is 13.0 Å². The number of aliphatic carboxylic acids is 1. The topological polar surface area (TPSA) is 75.6 Å². The molecule has 0 aliphatic carbocycles. The average Bonchev–Trinajstić information content (AvgIpc) is 3.21. The molecule has 1 heterocycles. The minimum absolute atomic E-state index is 0.218. The van der Waals surface area contributed by atoms with Crippen molar-refractivity contribution in [3.05, 3.63) is 60.2 Å². The van der Waals surface area contributed by atoms with Crippen molar-refractivity contribution in [3.8, 4) is 0 Å². The molecule has 5 heteroatoms. The number of carboxylic acid groups (broad SMARTS) is 1. The van der Waals surface area contributed by atoms with Crippen molar-refractivity contribution in [1.29, 1.82) is 0 Å². The van der Waals surface area contributed by atoms with Crippen LogP contribution in [0.2, 0.25) is 0 Å². The van der Waals surface area contributed by atoms with E-state index in [-0.39, 0.29) is 12.3 Å². The molecule has 27 heavy (non-hydrogen) atoms. The second-order valence-corrected chi connectivity index (χ2v) is 6.90. The van der Waals surface area contributed by atoms with Gasteiger partial charge in [0.15, 0.2) is 0 Å². The third-order valence-electron chi connectivity index (χ3n) is 5.13. The smallest absolute Gasteiger partial charge is 0.326 e. The van der Waals surface area contributed by atoms with Crippen molar-refractivity contribution >= 4 is 33.4 Å². The fourth-order valence-electron chi connectivity index (χ4n) is 3.78. The van der Waals surface area contributed by atoms with Crippen LogP contribution in [0.5, 0.6) is 0 Å². The van der Waals surface area contributed by atoms with Gasteiger partial charge in [0.2, 0.25) is 5.91 Å².